The van der Waals surface area contributed by atoms with E-state index < -0.39 is 0 Å². The van der Waals surface area contributed by atoms with Crippen molar-refractivity contribution in [2.45, 2.75) is 25.0 Å². The molecular weight excluding hydrogens is 769 g/mol. The van der Waals surface area contributed by atoms with Crippen molar-refractivity contribution in [1.82, 2.24) is 5.32 Å². The zero-order valence-corrected chi connectivity index (χ0v) is 34.7. The van der Waals surface area contributed by atoms with Crippen molar-refractivity contribution in [3.05, 3.63) is 10.4 Å². The highest BCUT2D eigenvalue weighted by molar-refractivity contribution is 8.77. The maximum absolute atomic E-state index is 12.0. The molecule has 0 saturated heterocycles. The Morgan fingerprint density at radius 3 is 1.16 bits per heavy atom. The molecule has 0 aromatic carbocycles. The van der Waals surface area contributed by atoms with Crippen LogP contribution in [0.5, 0.6) is 0 Å². The van der Waals surface area contributed by atoms with Crippen molar-refractivity contribution in [3.8, 4) is 0 Å². The minimum Gasteiger partial charge on any atom is -0.468 e. The van der Waals surface area contributed by atoms with E-state index in [0.717, 1.165) is 0 Å². The van der Waals surface area contributed by atoms with Crippen LogP contribution in [-0.2, 0) is 71.2 Å². The Labute approximate surface area is 334 Å². The number of nitrogens with zero attached hydrogens (tertiary/aromatic N) is 3. The smallest absolute Gasteiger partial charge is 0.316 e. The van der Waals surface area contributed by atoms with E-state index >= 15 is 0 Å². The SMILES string of the molecule is COC(=O)CSSC(C)(C)CNC(=O)CCOCCOCCOCCOCCOCCOCCOCCOCCOCCOCCOCCOCCN=[N+]=[N-]. The number of azide groups is 1. The number of nitrogens with one attached hydrogen (secondary N) is 1. The fourth-order valence-electron chi connectivity index (χ4n) is 3.56. The molecule has 55 heavy (non-hydrogen) atoms. The minimum atomic E-state index is -0.271. The van der Waals surface area contributed by atoms with Crippen molar-refractivity contribution in [3.63, 3.8) is 0 Å². The molecule has 0 aliphatic rings. The van der Waals surface area contributed by atoms with Gasteiger partial charge in [-0.15, -0.1) is 0 Å². The molecule has 1 N–H and O–H groups in total. The molecule has 19 nitrogen and oxygen atoms in total. The van der Waals surface area contributed by atoms with E-state index in [2.05, 4.69) is 20.1 Å². The van der Waals surface area contributed by atoms with Crippen LogP contribution in [-0.4, -0.2) is 201 Å². The van der Waals surface area contributed by atoms with Crippen LogP contribution in [0, 0.1) is 0 Å². The van der Waals surface area contributed by atoms with Gasteiger partial charge in [0.25, 0.3) is 0 Å². The second kappa shape index (κ2) is 43.6. The molecule has 0 bridgehead atoms. The Balaban J connectivity index is 3.20. The van der Waals surface area contributed by atoms with E-state index in [4.69, 9.17) is 62.4 Å². The van der Waals surface area contributed by atoms with Crippen molar-refractivity contribution in [2.24, 2.45) is 5.11 Å². The molecule has 0 aliphatic heterocycles. The van der Waals surface area contributed by atoms with Crippen LogP contribution < -0.4 is 5.32 Å². The predicted octanol–water partition coefficient (Wildman–Crippen LogP) is 2.34. The molecule has 0 aliphatic carbocycles. The van der Waals surface area contributed by atoms with E-state index in [1.807, 2.05) is 13.8 Å². The van der Waals surface area contributed by atoms with Crippen LogP contribution in [0.1, 0.15) is 20.3 Å². The fourth-order valence-corrected chi connectivity index (χ4v) is 5.88. The Hall–Kier alpha value is -1.53. The Kier molecular flexibility index (Phi) is 42.4. The molecule has 324 valence electrons. The topological polar surface area (TPSA) is 215 Å². The van der Waals surface area contributed by atoms with Gasteiger partial charge in [0, 0.05) is 29.2 Å². The molecule has 0 radical (unpaired) electrons. The van der Waals surface area contributed by atoms with Crippen molar-refractivity contribution < 1.29 is 71.2 Å². The maximum Gasteiger partial charge on any atom is 0.316 e. The number of esters is 1. The Bertz CT molecular complexity index is 912. The molecule has 0 fully saturated rings. The molecule has 0 heterocycles. The number of ether oxygens (including phenoxy) is 13. The fraction of sp³-hybridized carbons (Fsp3) is 0.941. The highest BCUT2D eigenvalue weighted by Crippen LogP contribution is 2.35. The average molecular weight is 835 g/mol. The van der Waals surface area contributed by atoms with Gasteiger partial charge in [-0.2, -0.15) is 0 Å². The van der Waals surface area contributed by atoms with Gasteiger partial charge in [-0.1, -0.05) is 26.7 Å². The zero-order chi connectivity index (χ0) is 40.2. The second-order valence-corrected chi connectivity index (χ2v) is 14.5. The van der Waals surface area contributed by atoms with Gasteiger partial charge in [0.05, 0.1) is 166 Å². The van der Waals surface area contributed by atoms with Gasteiger partial charge in [0.15, 0.2) is 0 Å². The minimum absolute atomic E-state index is 0.0838. The number of amides is 1. The molecule has 0 aromatic heterocycles. The predicted molar refractivity (Wildman–Crippen MR) is 208 cm³/mol. The molecule has 21 heteroatoms. The first-order chi connectivity index (χ1) is 26.9. The molecule has 0 unspecified atom stereocenters. The summed E-state index contributed by atoms with van der Waals surface area (Å²) in [6.45, 7) is 15.8. The number of hydrogen-bond acceptors (Lipinski definition) is 18. The van der Waals surface area contributed by atoms with Crippen LogP contribution in [0.4, 0.5) is 0 Å². The first-order valence-electron chi connectivity index (χ1n) is 18.5. The second-order valence-electron chi connectivity index (χ2n) is 11.5. The number of hydrogen-bond donors (Lipinski definition) is 1. The number of rotatable bonds is 45. The summed E-state index contributed by atoms with van der Waals surface area (Å²) < 4.78 is 69.7. The quantitative estimate of drug-likeness (QED) is 0.0233. The summed E-state index contributed by atoms with van der Waals surface area (Å²) in [7, 11) is 4.30. The molecular formula is C34H66N4O15S2. The van der Waals surface area contributed by atoms with Crippen molar-refractivity contribution >= 4 is 33.5 Å². The van der Waals surface area contributed by atoms with Gasteiger partial charge >= 0.3 is 5.97 Å². The summed E-state index contributed by atoms with van der Waals surface area (Å²) in [5, 5.41) is 6.27. The van der Waals surface area contributed by atoms with Crippen molar-refractivity contribution in [1.29, 1.82) is 0 Å². The van der Waals surface area contributed by atoms with Gasteiger partial charge in [-0.3, -0.25) is 9.59 Å². The van der Waals surface area contributed by atoms with E-state index in [1.54, 1.807) is 0 Å². The van der Waals surface area contributed by atoms with E-state index in [1.165, 1.54) is 28.7 Å². The average Bonchev–Trinajstić information content (AvgIpc) is 3.17. The molecule has 0 spiro atoms. The molecule has 0 atom stereocenters. The van der Waals surface area contributed by atoms with Crippen LogP contribution >= 0.6 is 21.6 Å². The van der Waals surface area contributed by atoms with E-state index in [9.17, 15) is 9.59 Å². The van der Waals surface area contributed by atoms with Crippen LogP contribution in [0.15, 0.2) is 5.11 Å². The number of carbonyl (C=O) groups is 2. The van der Waals surface area contributed by atoms with Gasteiger partial charge in [-0.05, 0) is 19.4 Å². The Morgan fingerprint density at radius 1 is 0.545 bits per heavy atom. The maximum atomic E-state index is 12.0. The molecule has 0 rings (SSSR count). The summed E-state index contributed by atoms with van der Waals surface area (Å²) in [6, 6.07) is 0. The summed E-state index contributed by atoms with van der Waals surface area (Å²) in [6.07, 6.45) is 0.269. The largest absolute Gasteiger partial charge is 0.468 e. The monoisotopic (exact) mass is 834 g/mol. The summed E-state index contributed by atoms with van der Waals surface area (Å²) in [5.41, 5.74) is 8.15. The normalized spacial score (nSPS) is 11.5. The third-order valence-corrected chi connectivity index (χ3v) is 9.49. The lowest BCUT2D eigenvalue weighted by Gasteiger charge is -2.23. The van der Waals surface area contributed by atoms with Crippen molar-refractivity contribution in [2.75, 3.05) is 185 Å². The number of methoxy groups -OCH3 is 1. The third kappa shape index (κ3) is 45.0. The summed E-state index contributed by atoms with van der Waals surface area (Å²) >= 11 is 0. The van der Waals surface area contributed by atoms with Gasteiger partial charge in [0.2, 0.25) is 5.91 Å². The summed E-state index contributed by atoms with van der Waals surface area (Å²) in [4.78, 5) is 25.9. The lowest BCUT2D eigenvalue weighted by molar-refractivity contribution is -0.137. The van der Waals surface area contributed by atoms with E-state index in [0.29, 0.717) is 172 Å². The van der Waals surface area contributed by atoms with Crippen LogP contribution in [0.3, 0.4) is 0 Å². The van der Waals surface area contributed by atoms with E-state index in [-0.39, 0.29) is 28.8 Å². The first-order valence-corrected chi connectivity index (χ1v) is 20.8. The first kappa shape index (κ1) is 53.5. The molecule has 0 saturated carbocycles. The molecule has 0 aromatic rings. The van der Waals surface area contributed by atoms with Gasteiger partial charge in [0.1, 0.15) is 5.75 Å². The highest BCUT2D eigenvalue weighted by atomic mass is 33.1. The number of carbonyl (C=O) groups excluding carboxylic acids is 2. The summed E-state index contributed by atoms with van der Waals surface area (Å²) in [5.74, 6) is -0.0892. The lowest BCUT2D eigenvalue weighted by Crippen LogP contribution is -2.36. The highest BCUT2D eigenvalue weighted by Gasteiger charge is 2.20. The zero-order valence-electron chi connectivity index (χ0n) is 33.1. The Morgan fingerprint density at radius 2 is 0.855 bits per heavy atom. The van der Waals surface area contributed by atoms with Gasteiger partial charge in [-0.25, -0.2) is 0 Å². The van der Waals surface area contributed by atoms with Crippen LogP contribution in [0.2, 0.25) is 0 Å². The standard InChI is InChI=1S/C34H66N4O15S2/c1-34(2,55-54-30-33(40)41-3)31-36-32(39)4-6-42-8-10-44-12-14-46-16-18-48-20-22-50-24-26-52-28-29-53-27-25-51-23-21-49-19-17-47-15-13-45-11-9-43-7-5-37-38-35/h4-31H2,1-3H3,(H,36,39). The third-order valence-electron chi connectivity index (χ3n) is 6.36. The lowest BCUT2D eigenvalue weighted by atomic mass is 10.2. The van der Waals surface area contributed by atoms with Crippen LogP contribution in [0.25, 0.3) is 10.4 Å². The van der Waals surface area contributed by atoms with Gasteiger partial charge < -0.3 is 66.9 Å². The molecule has 1 amide bonds.